The summed E-state index contributed by atoms with van der Waals surface area (Å²) in [6.07, 6.45) is 8.24. The molecule has 1 aliphatic rings. The van der Waals surface area contributed by atoms with Crippen molar-refractivity contribution in [1.29, 1.82) is 0 Å². The fourth-order valence-corrected chi connectivity index (χ4v) is 4.51. The highest BCUT2D eigenvalue weighted by Crippen LogP contribution is 2.37. The average Bonchev–Trinajstić information content (AvgIpc) is 3.05. The van der Waals surface area contributed by atoms with Crippen LogP contribution in [0.25, 0.3) is 0 Å². The number of nitrogens with one attached hydrogen (secondary N) is 1. The zero-order chi connectivity index (χ0) is 13.7. The second-order valence-electron chi connectivity index (χ2n) is 5.67. The van der Waals surface area contributed by atoms with E-state index in [9.17, 15) is 4.21 Å². The van der Waals surface area contributed by atoms with Gasteiger partial charge in [0.25, 0.3) is 0 Å². The predicted octanol–water partition coefficient (Wildman–Crippen LogP) is 3.73. The summed E-state index contributed by atoms with van der Waals surface area (Å²) in [5, 5.41) is 5.96. The molecule has 1 aromatic rings. The molecule has 1 heterocycles. The van der Waals surface area contributed by atoms with Gasteiger partial charge in [0.2, 0.25) is 0 Å². The smallest absolute Gasteiger partial charge is 0.0445 e. The molecule has 108 valence electrons. The van der Waals surface area contributed by atoms with E-state index in [0.717, 1.165) is 18.1 Å². The van der Waals surface area contributed by atoms with E-state index in [1.807, 2.05) is 11.3 Å². The Bertz CT molecular complexity index is 385. The van der Waals surface area contributed by atoms with Crippen LogP contribution in [0.4, 0.5) is 0 Å². The van der Waals surface area contributed by atoms with E-state index in [4.69, 9.17) is 0 Å². The molecular formula is C15H25NOS2. The van der Waals surface area contributed by atoms with Gasteiger partial charge < -0.3 is 5.32 Å². The lowest BCUT2D eigenvalue weighted by Gasteiger charge is -2.27. The van der Waals surface area contributed by atoms with E-state index < -0.39 is 10.8 Å². The van der Waals surface area contributed by atoms with Gasteiger partial charge in [-0.3, -0.25) is 4.21 Å². The minimum atomic E-state index is -0.677. The Morgan fingerprint density at radius 2 is 2.21 bits per heavy atom. The minimum absolute atomic E-state index is 0.441. The largest absolute Gasteiger partial charge is 0.306 e. The average molecular weight is 300 g/mol. The SMILES string of the molecule is CC(CCS(C)=O)NC(c1cccs1)C1CCCC1. The van der Waals surface area contributed by atoms with Crippen LogP contribution < -0.4 is 5.32 Å². The Kier molecular flexibility index (Phi) is 6.05. The molecule has 0 saturated heterocycles. The predicted molar refractivity (Wildman–Crippen MR) is 85.2 cm³/mol. The van der Waals surface area contributed by atoms with E-state index in [2.05, 4.69) is 29.8 Å². The Morgan fingerprint density at radius 3 is 2.79 bits per heavy atom. The number of thiophene rings is 1. The van der Waals surface area contributed by atoms with Crippen LogP contribution in [0.1, 0.15) is 49.9 Å². The molecule has 4 heteroatoms. The van der Waals surface area contributed by atoms with Gasteiger partial charge in [0.05, 0.1) is 0 Å². The van der Waals surface area contributed by atoms with Gasteiger partial charge in [-0.2, -0.15) is 0 Å². The van der Waals surface area contributed by atoms with Gasteiger partial charge in [0, 0.05) is 39.8 Å². The first-order valence-corrected chi connectivity index (χ1v) is 9.87. The third-order valence-electron chi connectivity index (χ3n) is 4.02. The normalized spacial score (nSPS) is 21.4. The van der Waals surface area contributed by atoms with Crippen LogP contribution in [0.3, 0.4) is 0 Å². The van der Waals surface area contributed by atoms with Crippen molar-refractivity contribution in [1.82, 2.24) is 5.32 Å². The highest BCUT2D eigenvalue weighted by atomic mass is 32.2. The molecule has 1 aliphatic carbocycles. The first-order chi connectivity index (χ1) is 9.16. The van der Waals surface area contributed by atoms with Crippen molar-refractivity contribution in [3.8, 4) is 0 Å². The van der Waals surface area contributed by atoms with Gasteiger partial charge >= 0.3 is 0 Å². The van der Waals surface area contributed by atoms with Gasteiger partial charge in [-0.15, -0.1) is 11.3 Å². The Morgan fingerprint density at radius 1 is 1.47 bits per heavy atom. The number of hydrogen-bond donors (Lipinski definition) is 1. The van der Waals surface area contributed by atoms with Crippen LogP contribution >= 0.6 is 11.3 Å². The first-order valence-electron chi connectivity index (χ1n) is 7.26. The molecule has 19 heavy (non-hydrogen) atoms. The molecule has 0 spiro atoms. The van der Waals surface area contributed by atoms with Crippen molar-refractivity contribution in [3.63, 3.8) is 0 Å². The molecule has 2 nitrogen and oxygen atoms in total. The second kappa shape index (κ2) is 7.55. The minimum Gasteiger partial charge on any atom is -0.306 e. The Balaban J connectivity index is 1.95. The number of hydrogen-bond acceptors (Lipinski definition) is 3. The molecule has 0 aliphatic heterocycles. The summed E-state index contributed by atoms with van der Waals surface area (Å²) in [4.78, 5) is 1.47. The van der Waals surface area contributed by atoms with E-state index in [1.165, 1.54) is 30.6 Å². The lowest BCUT2D eigenvalue weighted by Crippen LogP contribution is -2.34. The van der Waals surface area contributed by atoms with Crippen molar-refractivity contribution in [2.75, 3.05) is 12.0 Å². The lowest BCUT2D eigenvalue weighted by atomic mass is 9.95. The van der Waals surface area contributed by atoms with E-state index in [0.29, 0.717) is 12.1 Å². The molecule has 3 unspecified atom stereocenters. The van der Waals surface area contributed by atoms with Crippen LogP contribution in [-0.4, -0.2) is 22.3 Å². The molecule has 0 amide bonds. The van der Waals surface area contributed by atoms with Gasteiger partial charge in [-0.25, -0.2) is 0 Å². The molecule has 0 bridgehead atoms. The van der Waals surface area contributed by atoms with Crippen molar-refractivity contribution in [2.24, 2.45) is 5.92 Å². The monoisotopic (exact) mass is 299 g/mol. The van der Waals surface area contributed by atoms with E-state index >= 15 is 0 Å². The van der Waals surface area contributed by atoms with Gasteiger partial charge in [-0.1, -0.05) is 18.9 Å². The van der Waals surface area contributed by atoms with Gasteiger partial charge in [-0.05, 0) is 43.6 Å². The third kappa shape index (κ3) is 4.69. The summed E-state index contributed by atoms with van der Waals surface area (Å²) in [5.74, 6) is 1.59. The lowest BCUT2D eigenvalue weighted by molar-refractivity contribution is 0.337. The summed E-state index contributed by atoms with van der Waals surface area (Å²) in [6, 6.07) is 5.35. The molecule has 1 saturated carbocycles. The van der Waals surface area contributed by atoms with Crippen LogP contribution in [0.2, 0.25) is 0 Å². The highest BCUT2D eigenvalue weighted by molar-refractivity contribution is 7.84. The Hall–Kier alpha value is -0.190. The quantitative estimate of drug-likeness (QED) is 0.831. The fourth-order valence-electron chi connectivity index (χ4n) is 2.94. The maximum atomic E-state index is 11.2. The van der Waals surface area contributed by atoms with Crippen LogP contribution in [0.5, 0.6) is 0 Å². The Labute approximate surface area is 123 Å². The molecule has 0 radical (unpaired) electrons. The van der Waals surface area contributed by atoms with Crippen molar-refractivity contribution < 1.29 is 4.21 Å². The molecule has 1 N–H and O–H groups in total. The van der Waals surface area contributed by atoms with E-state index in [1.54, 1.807) is 6.26 Å². The molecular weight excluding hydrogens is 274 g/mol. The molecule has 1 fully saturated rings. The summed E-state index contributed by atoms with van der Waals surface area (Å²) < 4.78 is 11.2. The van der Waals surface area contributed by atoms with Crippen molar-refractivity contribution >= 4 is 22.1 Å². The summed E-state index contributed by atoms with van der Waals surface area (Å²) in [5.41, 5.74) is 0. The molecule has 0 aromatic carbocycles. The van der Waals surface area contributed by atoms with E-state index in [-0.39, 0.29) is 0 Å². The standard InChI is InChI=1S/C15H25NOS2/c1-12(9-11-19(2)17)16-15(13-6-3-4-7-13)14-8-5-10-18-14/h5,8,10,12-13,15-16H,3-4,6-7,9,11H2,1-2H3. The van der Waals surface area contributed by atoms with Crippen LogP contribution in [-0.2, 0) is 10.8 Å². The third-order valence-corrected chi connectivity index (χ3v) is 5.79. The fraction of sp³-hybridized carbons (Fsp3) is 0.733. The van der Waals surface area contributed by atoms with Gasteiger partial charge in [0.15, 0.2) is 0 Å². The second-order valence-corrected chi connectivity index (χ2v) is 8.21. The van der Waals surface area contributed by atoms with Gasteiger partial charge in [0.1, 0.15) is 0 Å². The molecule has 3 atom stereocenters. The van der Waals surface area contributed by atoms with Crippen LogP contribution in [0, 0.1) is 5.92 Å². The van der Waals surface area contributed by atoms with Crippen LogP contribution in [0.15, 0.2) is 17.5 Å². The summed E-state index contributed by atoms with van der Waals surface area (Å²) in [7, 11) is -0.677. The maximum absolute atomic E-state index is 11.2. The summed E-state index contributed by atoms with van der Waals surface area (Å²) in [6.45, 7) is 2.22. The molecule has 2 rings (SSSR count). The molecule has 1 aromatic heterocycles. The summed E-state index contributed by atoms with van der Waals surface area (Å²) >= 11 is 1.86. The first kappa shape index (κ1) is 15.2. The maximum Gasteiger partial charge on any atom is 0.0445 e. The topological polar surface area (TPSA) is 29.1 Å². The zero-order valence-electron chi connectivity index (χ0n) is 11.9. The van der Waals surface area contributed by atoms with Crippen molar-refractivity contribution in [3.05, 3.63) is 22.4 Å². The highest BCUT2D eigenvalue weighted by Gasteiger charge is 2.27. The zero-order valence-corrected chi connectivity index (χ0v) is 13.6. The van der Waals surface area contributed by atoms with Crippen molar-refractivity contribution in [2.45, 2.75) is 51.1 Å². The number of rotatable bonds is 7.